The maximum absolute atomic E-state index is 12.7. The molecule has 2 heterocycles. The van der Waals surface area contributed by atoms with Crippen LogP contribution in [0.2, 0.25) is 0 Å². The Morgan fingerprint density at radius 1 is 1.28 bits per heavy atom. The van der Waals surface area contributed by atoms with E-state index in [2.05, 4.69) is 11.9 Å². The van der Waals surface area contributed by atoms with E-state index >= 15 is 0 Å². The van der Waals surface area contributed by atoms with E-state index in [0.29, 0.717) is 30.8 Å². The Kier molecular flexibility index (Phi) is 4.66. The summed E-state index contributed by atoms with van der Waals surface area (Å²) in [5.74, 6) is -0.423. The lowest BCUT2D eigenvalue weighted by molar-refractivity contribution is -0.111. The zero-order valence-corrected chi connectivity index (χ0v) is 14.5. The van der Waals surface area contributed by atoms with Crippen LogP contribution in [0.1, 0.15) is 16.8 Å². The first-order chi connectivity index (χ1) is 11.8. The van der Waals surface area contributed by atoms with Crippen molar-refractivity contribution in [1.29, 1.82) is 0 Å². The SMILES string of the molecule is C=CC(=O)Nc1ccc(C(=O)N2CCOC3(CCS(=O)(=O)C3)C2)cc1. The number of hydrogen-bond acceptors (Lipinski definition) is 5. The number of sulfone groups is 1. The van der Waals surface area contributed by atoms with Gasteiger partial charge in [0.15, 0.2) is 9.84 Å². The standard InChI is InChI=1S/C17H20N2O5S/c1-2-15(20)18-14-5-3-13(4-6-14)16(21)19-8-9-24-17(11-19)7-10-25(22,23)12-17/h2-6H,1,7-12H2,(H,18,20). The molecule has 1 unspecified atom stereocenters. The van der Waals surface area contributed by atoms with Crippen molar-refractivity contribution in [2.75, 3.05) is 36.5 Å². The second-order valence-electron chi connectivity index (χ2n) is 6.37. The predicted molar refractivity (Wildman–Crippen MR) is 93.1 cm³/mol. The van der Waals surface area contributed by atoms with Crippen LogP contribution in [0.15, 0.2) is 36.9 Å². The van der Waals surface area contributed by atoms with Crippen molar-refractivity contribution < 1.29 is 22.7 Å². The Balaban J connectivity index is 1.70. The molecule has 2 fully saturated rings. The molecule has 3 rings (SSSR count). The molecule has 1 aromatic rings. The molecular weight excluding hydrogens is 344 g/mol. The van der Waals surface area contributed by atoms with E-state index < -0.39 is 15.4 Å². The summed E-state index contributed by atoms with van der Waals surface area (Å²) >= 11 is 0. The minimum absolute atomic E-state index is 0.0314. The van der Waals surface area contributed by atoms with Gasteiger partial charge >= 0.3 is 0 Å². The number of amides is 2. The summed E-state index contributed by atoms with van der Waals surface area (Å²) in [5, 5.41) is 2.62. The Hall–Kier alpha value is -2.19. The second-order valence-corrected chi connectivity index (χ2v) is 8.56. The zero-order chi connectivity index (χ0) is 18.1. The molecule has 1 spiro atoms. The van der Waals surface area contributed by atoms with Gasteiger partial charge in [-0.3, -0.25) is 9.59 Å². The number of anilines is 1. The number of nitrogens with one attached hydrogen (secondary N) is 1. The number of hydrogen-bond donors (Lipinski definition) is 1. The normalized spacial score (nSPS) is 24.9. The molecule has 8 heteroatoms. The molecule has 0 bridgehead atoms. The number of rotatable bonds is 3. The van der Waals surface area contributed by atoms with Crippen LogP contribution in [0, 0.1) is 0 Å². The summed E-state index contributed by atoms with van der Waals surface area (Å²) in [6, 6.07) is 6.55. The zero-order valence-electron chi connectivity index (χ0n) is 13.7. The van der Waals surface area contributed by atoms with Crippen molar-refractivity contribution >= 4 is 27.3 Å². The van der Waals surface area contributed by atoms with Gasteiger partial charge in [-0.25, -0.2) is 8.42 Å². The number of carbonyl (C=O) groups excluding carboxylic acids is 2. The average molecular weight is 364 g/mol. The highest BCUT2D eigenvalue weighted by Gasteiger charge is 2.47. The molecular formula is C17H20N2O5S. The lowest BCUT2D eigenvalue weighted by Crippen LogP contribution is -2.54. The van der Waals surface area contributed by atoms with Crippen LogP contribution in [-0.4, -0.2) is 61.9 Å². The van der Waals surface area contributed by atoms with Gasteiger partial charge in [-0.2, -0.15) is 0 Å². The van der Waals surface area contributed by atoms with E-state index in [1.54, 1.807) is 29.2 Å². The van der Waals surface area contributed by atoms with Crippen LogP contribution in [0.25, 0.3) is 0 Å². The van der Waals surface area contributed by atoms with Crippen LogP contribution >= 0.6 is 0 Å². The fraction of sp³-hybridized carbons (Fsp3) is 0.412. The van der Waals surface area contributed by atoms with Crippen molar-refractivity contribution in [2.24, 2.45) is 0 Å². The summed E-state index contributed by atoms with van der Waals surface area (Å²) in [5.41, 5.74) is 0.279. The number of morpholine rings is 1. The smallest absolute Gasteiger partial charge is 0.254 e. The number of ether oxygens (including phenoxy) is 1. The molecule has 1 aromatic carbocycles. The van der Waals surface area contributed by atoms with Crippen molar-refractivity contribution in [3.05, 3.63) is 42.5 Å². The van der Waals surface area contributed by atoms with Gasteiger partial charge in [0.25, 0.3) is 5.91 Å². The predicted octanol–water partition coefficient (Wildman–Crippen LogP) is 0.841. The number of nitrogens with zero attached hydrogens (tertiary/aromatic N) is 1. The van der Waals surface area contributed by atoms with Crippen LogP contribution in [0.4, 0.5) is 5.69 Å². The van der Waals surface area contributed by atoms with E-state index in [1.807, 2.05) is 0 Å². The average Bonchev–Trinajstić information content (AvgIpc) is 2.89. The molecule has 2 aliphatic rings. The molecule has 0 aromatic heterocycles. The molecule has 0 saturated carbocycles. The summed E-state index contributed by atoms with van der Waals surface area (Å²) in [6.45, 7) is 4.41. The van der Waals surface area contributed by atoms with Gasteiger partial charge in [0.1, 0.15) is 5.60 Å². The molecule has 0 radical (unpaired) electrons. The molecule has 2 amide bonds. The minimum atomic E-state index is -3.10. The largest absolute Gasteiger partial charge is 0.370 e. The molecule has 1 N–H and O–H groups in total. The van der Waals surface area contributed by atoms with Gasteiger partial charge in [-0.1, -0.05) is 6.58 Å². The highest BCUT2D eigenvalue weighted by molar-refractivity contribution is 7.91. The minimum Gasteiger partial charge on any atom is -0.370 e. The summed E-state index contributed by atoms with van der Waals surface area (Å²) in [7, 11) is -3.10. The highest BCUT2D eigenvalue weighted by atomic mass is 32.2. The topological polar surface area (TPSA) is 92.8 Å². The second kappa shape index (κ2) is 6.61. The molecule has 1 atom stereocenters. The van der Waals surface area contributed by atoms with Gasteiger partial charge in [0, 0.05) is 17.8 Å². The third-order valence-electron chi connectivity index (χ3n) is 4.47. The van der Waals surface area contributed by atoms with Crippen LogP contribution in [-0.2, 0) is 19.4 Å². The van der Waals surface area contributed by atoms with Crippen molar-refractivity contribution in [1.82, 2.24) is 4.90 Å². The summed E-state index contributed by atoms with van der Waals surface area (Å²) in [4.78, 5) is 25.6. The molecule has 2 aliphatic heterocycles. The monoisotopic (exact) mass is 364 g/mol. The van der Waals surface area contributed by atoms with E-state index in [0.717, 1.165) is 0 Å². The van der Waals surface area contributed by atoms with Crippen LogP contribution < -0.4 is 5.32 Å². The maximum atomic E-state index is 12.7. The van der Waals surface area contributed by atoms with Crippen molar-refractivity contribution in [3.63, 3.8) is 0 Å². The summed E-state index contributed by atoms with van der Waals surface area (Å²) in [6.07, 6.45) is 1.59. The third kappa shape index (κ3) is 3.91. The first kappa shape index (κ1) is 17.6. The molecule has 0 aliphatic carbocycles. The van der Waals surface area contributed by atoms with E-state index in [4.69, 9.17) is 4.74 Å². The molecule has 2 saturated heterocycles. The first-order valence-corrected chi connectivity index (χ1v) is 9.82. The van der Waals surface area contributed by atoms with Gasteiger partial charge in [-0.05, 0) is 36.8 Å². The van der Waals surface area contributed by atoms with E-state index in [9.17, 15) is 18.0 Å². The Morgan fingerprint density at radius 2 is 2.00 bits per heavy atom. The third-order valence-corrected chi connectivity index (χ3v) is 6.26. The van der Waals surface area contributed by atoms with Crippen LogP contribution in [0.5, 0.6) is 0 Å². The lowest BCUT2D eigenvalue weighted by Gasteiger charge is -2.39. The number of benzene rings is 1. The fourth-order valence-corrected chi connectivity index (χ4v) is 5.16. The van der Waals surface area contributed by atoms with Gasteiger partial charge in [0.05, 0.1) is 24.7 Å². The Morgan fingerprint density at radius 3 is 2.60 bits per heavy atom. The van der Waals surface area contributed by atoms with Crippen molar-refractivity contribution in [3.8, 4) is 0 Å². The van der Waals surface area contributed by atoms with Gasteiger partial charge in [0.2, 0.25) is 5.91 Å². The molecule has 134 valence electrons. The highest BCUT2D eigenvalue weighted by Crippen LogP contribution is 2.31. The molecule has 25 heavy (non-hydrogen) atoms. The lowest BCUT2D eigenvalue weighted by atomic mass is 10.0. The fourth-order valence-electron chi connectivity index (χ4n) is 3.22. The van der Waals surface area contributed by atoms with E-state index in [1.165, 1.54) is 6.08 Å². The Labute approximate surface area is 146 Å². The first-order valence-electron chi connectivity index (χ1n) is 8.00. The van der Waals surface area contributed by atoms with E-state index in [-0.39, 0.29) is 29.9 Å². The van der Waals surface area contributed by atoms with Crippen LogP contribution in [0.3, 0.4) is 0 Å². The van der Waals surface area contributed by atoms with Crippen molar-refractivity contribution in [2.45, 2.75) is 12.0 Å². The molecule has 7 nitrogen and oxygen atoms in total. The number of carbonyl (C=O) groups is 2. The quantitative estimate of drug-likeness (QED) is 0.803. The summed E-state index contributed by atoms with van der Waals surface area (Å²) < 4.78 is 29.3. The van der Waals surface area contributed by atoms with Gasteiger partial charge in [-0.15, -0.1) is 0 Å². The van der Waals surface area contributed by atoms with Gasteiger partial charge < -0.3 is 15.0 Å². The Bertz CT molecular complexity index is 803. The maximum Gasteiger partial charge on any atom is 0.254 e.